The Bertz CT molecular complexity index is 787. The van der Waals surface area contributed by atoms with E-state index in [-0.39, 0.29) is 17.5 Å². The average Bonchev–Trinajstić information content (AvgIpc) is 3.42. The fraction of sp³-hybridized carbons (Fsp3) is 0.440. The summed E-state index contributed by atoms with van der Waals surface area (Å²) in [7, 11) is 0. The smallest absolute Gasteiger partial charge is 0.199 e. The molecule has 4 rings (SSSR count). The fourth-order valence-corrected chi connectivity index (χ4v) is 4.28. The van der Waals surface area contributed by atoms with E-state index >= 15 is 0 Å². The van der Waals surface area contributed by atoms with Crippen molar-refractivity contribution in [3.8, 4) is 0 Å². The van der Waals surface area contributed by atoms with Crippen LogP contribution in [0.3, 0.4) is 0 Å². The van der Waals surface area contributed by atoms with Crippen LogP contribution in [0.5, 0.6) is 0 Å². The monoisotopic (exact) mass is 390 g/mol. The molecule has 1 unspecified atom stereocenters. The van der Waals surface area contributed by atoms with Gasteiger partial charge in [-0.3, -0.25) is 0 Å². The number of hydrogen-bond acceptors (Lipinski definition) is 4. The lowest BCUT2D eigenvalue weighted by atomic mass is 9.81. The lowest BCUT2D eigenvalue weighted by molar-refractivity contribution is 0.244. The highest BCUT2D eigenvalue weighted by Gasteiger charge is 2.46. The molecule has 0 aliphatic carbocycles. The van der Waals surface area contributed by atoms with Crippen LogP contribution in [-0.2, 0) is 22.3 Å². The second kappa shape index (κ2) is 8.81. The highest BCUT2D eigenvalue weighted by atomic mass is 16.5. The van der Waals surface area contributed by atoms with Gasteiger partial charge in [-0.05, 0) is 36.8 Å². The van der Waals surface area contributed by atoms with Gasteiger partial charge < -0.3 is 9.47 Å². The molecule has 152 valence electrons. The number of aliphatic imine (C=N–C) groups is 2. The molecular weight excluding hydrogens is 360 g/mol. The Hall–Kier alpha value is -2.62. The third-order valence-electron chi connectivity index (χ3n) is 6.08. The molecule has 0 amide bonds. The maximum absolute atomic E-state index is 6.14. The van der Waals surface area contributed by atoms with Gasteiger partial charge in [-0.15, -0.1) is 0 Å². The third-order valence-corrected chi connectivity index (χ3v) is 6.08. The second-order valence-electron chi connectivity index (χ2n) is 7.97. The minimum atomic E-state index is -0.350. The Labute approximate surface area is 173 Å². The molecule has 0 radical (unpaired) electrons. The van der Waals surface area contributed by atoms with Crippen molar-refractivity contribution in [2.24, 2.45) is 15.4 Å². The van der Waals surface area contributed by atoms with Crippen LogP contribution in [0.25, 0.3) is 0 Å². The summed E-state index contributed by atoms with van der Waals surface area (Å²) in [5, 5.41) is 0. The molecule has 2 aromatic rings. The van der Waals surface area contributed by atoms with Crippen molar-refractivity contribution in [3.05, 3.63) is 71.8 Å². The van der Waals surface area contributed by atoms with E-state index in [2.05, 4.69) is 62.4 Å². The summed E-state index contributed by atoms with van der Waals surface area (Å²) in [5.41, 5.74) is 2.24. The van der Waals surface area contributed by atoms with E-state index in [1.54, 1.807) is 0 Å². The predicted molar refractivity (Wildman–Crippen MR) is 118 cm³/mol. The topological polar surface area (TPSA) is 43.2 Å². The number of rotatable bonds is 8. The van der Waals surface area contributed by atoms with Crippen LogP contribution in [0.2, 0.25) is 0 Å². The molecule has 2 aliphatic heterocycles. The first-order valence-corrected chi connectivity index (χ1v) is 10.7. The summed E-state index contributed by atoms with van der Waals surface area (Å²) in [6.45, 7) is 5.62. The molecule has 4 heteroatoms. The molecule has 29 heavy (non-hydrogen) atoms. The van der Waals surface area contributed by atoms with E-state index in [0.29, 0.717) is 13.2 Å². The Morgan fingerprint density at radius 3 is 1.52 bits per heavy atom. The minimum absolute atomic E-state index is 0.159. The molecule has 2 aliphatic rings. The first-order chi connectivity index (χ1) is 14.2. The SMILES string of the molecule is CCC(CC)(C1=NC(Cc2ccccc2)CO1)C1=N[C@@H](Cc2ccccc2)CO1. The summed E-state index contributed by atoms with van der Waals surface area (Å²) >= 11 is 0. The molecule has 0 N–H and O–H groups in total. The molecule has 2 aromatic carbocycles. The molecule has 2 heterocycles. The highest BCUT2D eigenvalue weighted by molar-refractivity contribution is 6.06. The van der Waals surface area contributed by atoms with Gasteiger partial charge in [-0.1, -0.05) is 74.5 Å². The third kappa shape index (κ3) is 4.21. The number of benzene rings is 2. The normalized spacial score (nSPS) is 21.3. The molecule has 4 nitrogen and oxygen atoms in total. The molecule has 2 atom stereocenters. The molecular formula is C25H30N2O2. The van der Waals surface area contributed by atoms with Crippen molar-refractivity contribution >= 4 is 11.8 Å². The number of ether oxygens (including phenoxy) is 2. The van der Waals surface area contributed by atoms with E-state index in [1.165, 1.54) is 11.1 Å². The largest absolute Gasteiger partial charge is 0.478 e. The van der Waals surface area contributed by atoms with Gasteiger partial charge in [-0.25, -0.2) is 9.98 Å². The maximum Gasteiger partial charge on any atom is 0.199 e. The zero-order valence-electron chi connectivity index (χ0n) is 17.4. The molecule has 0 aromatic heterocycles. The molecule has 0 fully saturated rings. The summed E-state index contributed by atoms with van der Waals surface area (Å²) in [4.78, 5) is 9.97. The van der Waals surface area contributed by atoms with Crippen LogP contribution in [-0.4, -0.2) is 37.1 Å². The zero-order chi connectivity index (χ0) is 20.1. The van der Waals surface area contributed by atoms with Crippen LogP contribution < -0.4 is 0 Å². The summed E-state index contributed by atoms with van der Waals surface area (Å²) in [6, 6.07) is 21.3. The standard InChI is InChI=1S/C25H30N2O2/c1-3-25(4-2,23-26-21(17-28-23)15-19-11-7-5-8-12-19)24-27-22(18-29-24)16-20-13-9-6-10-14-20/h5-14,21-22H,3-4,15-18H2,1-2H3/t21-,22?/m0/s1. The van der Waals surface area contributed by atoms with E-state index in [9.17, 15) is 0 Å². The van der Waals surface area contributed by atoms with E-state index in [4.69, 9.17) is 19.5 Å². The van der Waals surface area contributed by atoms with Crippen LogP contribution in [0.4, 0.5) is 0 Å². The second-order valence-corrected chi connectivity index (χ2v) is 7.97. The Morgan fingerprint density at radius 2 is 1.14 bits per heavy atom. The van der Waals surface area contributed by atoms with Gasteiger partial charge in [0.15, 0.2) is 11.8 Å². The van der Waals surface area contributed by atoms with E-state index < -0.39 is 0 Å². The zero-order valence-corrected chi connectivity index (χ0v) is 17.4. The Morgan fingerprint density at radius 1 is 0.724 bits per heavy atom. The van der Waals surface area contributed by atoms with Crippen molar-refractivity contribution in [3.63, 3.8) is 0 Å². The average molecular weight is 391 g/mol. The summed E-state index contributed by atoms with van der Waals surface area (Å²) in [6.07, 6.45) is 3.55. The van der Waals surface area contributed by atoms with Crippen molar-refractivity contribution in [1.29, 1.82) is 0 Å². The van der Waals surface area contributed by atoms with Crippen LogP contribution in [0.15, 0.2) is 70.6 Å². The van der Waals surface area contributed by atoms with Gasteiger partial charge in [0.25, 0.3) is 0 Å². The van der Waals surface area contributed by atoms with Gasteiger partial charge in [0.1, 0.15) is 18.6 Å². The van der Waals surface area contributed by atoms with Gasteiger partial charge in [-0.2, -0.15) is 0 Å². The lowest BCUT2D eigenvalue weighted by Crippen LogP contribution is -2.39. The maximum atomic E-state index is 6.14. The van der Waals surface area contributed by atoms with Crippen molar-refractivity contribution in [1.82, 2.24) is 0 Å². The van der Waals surface area contributed by atoms with E-state index in [1.807, 2.05) is 12.1 Å². The molecule has 0 saturated heterocycles. The predicted octanol–water partition coefficient (Wildman–Crippen LogP) is 4.87. The molecule has 0 spiro atoms. The van der Waals surface area contributed by atoms with Crippen LogP contribution in [0.1, 0.15) is 37.8 Å². The van der Waals surface area contributed by atoms with Crippen LogP contribution in [0, 0.1) is 5.41 Å². The lowest BCUT2D eigenvalue weighted by Gasteiger charge is -2.29. The Balaban J connectivity index is 1.51. The first-order valence-electron chi connectivity index (χ1n) is 10.7. The van der Waals surface area contributed by atoms with Gasteiger partial charge >= 0.3 is 0 Å². The Kier molecular flexibility index (Phi) is 5.98. The quantitative estimate of drug-likeness (QED) is 0.645. The van der Waals surface area contributed by atoms with Crippen LogP contribution >= 0.6 is 0 Å². The molecule has 0 bridgehead atoms. The first kappa shape index (κ1) is 19.7. The summed E-state index contributed by atoms with van der Waals surface area (Å²) < 4.78 is 12.3. The highest BCUT2D eigenvalue weighted by Crippen LogP contribution is 2.36. The van der Waals surface area contributed by atoms with Crippen molar-refractivity contribution in [2.45, 2.75) is 51.6 Å². The van der Waals surface area contributed by atoms with Crippen molar-refractivity contribution < 1.29 is 9.47 Å². The summed E-state index contributed by atoms with van der Waals surface area (Å²) in [5.74, 6) is 1.62. The number of hydrogen-bond donors (Lipinski definition) is 0. The van der Waals surface area contributed by atoms with Crippen molar-refractivity contribution in [2.75, 3.05) is 13.2 Å². The van der Waals surface area contributed by atoms with Gasteiger partial charge in [0.2, 0.25) is 0 Å². The number of nitrogens with zero attached hydrogens (tertiary/aromatic N) is 2. The van der Waals surface area contributed by atoms with Gasteiger partial charge in [0, 0.05) is 0 Å². The minimum Gasteiger partial charge on any atom is -0.478 e. The van der Waals surface area contributed by atoms with E-state index in [0.717, 1.165) is 37.5 Å². The molecule has 0 saturated carbocycles. The fourth-order valence-electron chi connectivity index (χ4n) is 4.28. The van der Waals surface area contributed by atoms with Gasteiger partial charge in [0.05, 0.1) is 12.1 Å².